The highest BCUT2D eigenvalue weighted by molar-refractivity contribution is 7.07. The number of methoxy groups -OCH3 is 2. The van der Waals surface area contributed by atoms with E-state index in [1.807, 2.05) is 18.2 Å². The molecule has 0 N–H and O–H groups in total. The zero-order valence-corrected chi connectivity index (χ0v) is 17.0. The fourth-order valence-corrected chi connectivity index (χ4v) is 4.40. The fraction of sp³-hybridized carbons (Fsp3) is 0.318. The van der Waals surface area contributed by atoms with Crippen LogP contribution in [0.1, 0.15) is 30.0 Å². The first kappa shape index (κ1) is 17.9. The molecule has 0 bridgehead atoms. The van der Waals surface area contributed by atoms with E-state index >= 15 is 0 Å². The van der Waals surface area contributed by atoms with E-state index in [0.717, 1.165) is 33.2 Å². The van der Waals surface area contributed by atoms with Crippen LogP contribution in [0.15, 0.2) is 46.8 Å². The van der Waals surface area contributed by atoms with Crippen LogP contribution in [-0.2, 0) is 0 Å². The second-order valence-corrected chi connectivity index (χ2v) is 7.87. The third kappa shape index (κ3) is 3.65. The van der Waals surface area contributed by atoms with Crippen LogP contribution >= 0.6 is 11.3 Å². The number of benzene rings is 2. The Balaban J connectivity index is 1.89. The Hall–Kier alpha value is -2.53. The van der Waals surface area contributed by atoms with Gasteiger partial charge in [-0.25, -0.2) is 4.99 Å². The molecule has 4 nitrogen and oxygen atoms in total. The lowest BCUT2D eigenvalue weighted by Gasteiger charge is -2.13. The molecule has 5 heteroatoms. The largest absolute Gasteiger partial charge is 0.497 e. The Bertz CT molecular complexity index is 1020. The highest BCUT2D eigenvalue weighted by Crippen LogP contribution is 2.41. The fourth-order valence-electron chi connectivity index (χ4n) is 3.42. The van der Waals surface area contributed by atoms with Gasteiger partial charge < -0.3 is 14.0 Å². The first-order valence-electron chi connectivity index (χ1n) is 9.14. The number of nitrogens with zero attached hydrogens (tertiary/aromatic N) is 2. The third-order valence-corrected chi connectivity index (χ3v) is 5.61. The van der Waals surface area contributed by atoms with Gasteiger partial charge in [-0.2, -0.15) is 0 Å². The molecule has 0 spiro atoms. The van der Waals surface area contributed by atoms with Gasteiger partial charge in [-0.05, 0) is 68.1 Å². The summed E-state index contributed by atoms with van der Waals surface area (Å²) in [6.45, 7) is 4.23. The molecule has 4 rings (SSSR count). The normalized spacial score (nSPS) is 14.4. The Labute approximate surface area is 163 Å². The van der Waals surface area contributed by atoms with Crippen LogP contribution in [0.25, 0.3) is 11.3 Å². The Morgan fingerprint density at radius 1 is 1.00 bits per heavy atom. The van der Waals surface area contributed by atoms with E-state index in [9.17, 15) is 0 Å². The summed E-state index contributed by atoms with van der Waals surface area (Å²) in [6, 6.07) is 12.9. The number of rotatable bonds is 5. The van der Waals surface area contributed by atoms with Crippen LogP contribution in [0.2, 0.25) is 0 Å². The van der Waals surface area contributed by atoms with Crippen LogP contribution in [0.3, 0.4) is 0 Å². The van der Waals surface area contributed by atoms with Gasteiger partial charge in [0.25, 0.3) is 0 Å². The molecule has 0 atom stereocenters. The quantitative estimate of drug-likeness (QED) is 0.593. The first-order valence-corrected chi connectivity index (χ1v) is 10.0. The summed E-state index contributed by atoms with van der Waals surface area (Å²) in [7, 11) is 3.40. The van der Waals surface area contributed by atoms with Gasteiger partial charge in [-0.15, -0.1) is 11.3 Å². The standard InChI is InChI=1S/C22H24N2O2S/c1-14-9-15(2)11-16(10-14)23-22-24(17-5-6-17)20(13-27-22)19-12-18(25-3)7-8-21(19)26-4/h7-13,17H,5-6H2,1-4H3. The third-order valence-electron chi connectivity index (χ3n) is 4.77. The van der Waals surface area contributed by atoms with Gasteiger partial charge >= 0.3 is 0 Å². The van der Waals surface area contributed by atoms with Crippen molar-refractivity contribution in [3.63, 3.8) is 0 Å². The van der Waals surface area contributed by atoms with Crippen LogP contribution in [0, 0.1) is 13.8 Å². The second-order valence-electron chi connectivity index (χ2n) is 7.03. The van der Waals surface area contributed by atoms with E-state index in [1.54, 1.807) is 25.6 Å². The van der Waals surface area contributed by atoms with E-state index in [0.29, 0.717) is 6.04 Å². The van der Waals surface area contributed by atoms with Crippen LogP contribution in [0.5, 0.6) is 11.5 Å². The minimum Gasteiger partial charge on any atom is -0.497 e. The van der Waals surface area contributed by atoms with Crippen molar-refractivity contribution < 1.29 is 9.47 Å². The zero-order chi connectivity index (χ0) is 19.0. The smallest absolute Gasteiger partial charge is 0.190 e. The molecule has 3 aromatic rings. The zero-order valence-electron chi connectivity index (χ0n) is 16.2. The van der Waals surface area contributed by atoms with Gasteiger partial charge in [-0.3, -0.25) is 0 Å². The molecule has 1 saturated carbocycles. The maximum Gasteiger partial charge on any atom is 0.190 e. The highest BCUT2D eigenvalue weighted by atomic mass is 32.1. The number of ether oxygens (including phenoxy) is 2. The van der Waals surface area contributed by atoms with Crippen LogP contribution in [-0.4, -0.2) is 18.8 Å². The van der Waals surface area contributed by atoms with Crippen molar-refractivity contribution in [2.75, 3.05) is 14.2 Å². The summed E-state index contributed by atoms with van der Waals surface area (Å²) in [5, 5.41) is 2.18. The SMILES string of the molecule is COc1ccc(OC)c(-c2csc(=Nc3cc(C)cc(C)c3)n2C2CC2)c1. The lowest BCUT2D eigenvalue weighted by Crippen LogP contribution is -2.14. The maximum atomic E-state index is 5.62. The molecule has 27 heavy (non-hydrogen) atoms. The van der Waals surface area contributed by atoms with E-state index in [1.165, 1.54) is 24.0 Å². The van der Waals surface area contributed by atoms with E-state index in [4.69, 9.17) is 14.5 Å². The maximum absolute atomic E-state index is 5.62. The van der Waals surface area contributed by atoms with Gasteiger partial charge in [0.05, 0.1) is 25.6 Å². The Kier molecular flexibility index (Phi) is 4.79. The average molecular weight is 381 g/mol. The summed E-state index contributed by atoms with van der Waals surface area (Å²) in [6.07, 6.45) is 2.38. The van der Waals surface area contributed by atoms with E-state index < -0.39 is 0 Å². The van der Waals surface area contributed by atoms with Crippen molar-refractivity contribution in [2.45, 2.75) is 32.7 Å². The summed E-state index contributed by atoms with van der Waals surface area (Å²) in [5.74, 6) is 1.67. The molecule has 0 unspecified atom stereocenters. The topological polar surface area (TPSA) is 35.8 Å². The molecular weight excluding hydrogens is 356 g/mol. The summed E-state index contributed by atoms with van der Waals surface area (Å²) in [5.41, 5.74) is 5.66. The van der Waals surface area contributed by atoms with Crippen molar-refractivity contribution in [3.05, 3.63) is 57.7 Å². The molecule has 0 saturated heterocycles. The van der Waals surface area contributed by atoms with Crippen molar-refractivity contribution in [1.29, 1.82) is 0 Å². The molecule has 1 aliphatic carbocycles. The Morgan fingerprint density at radius 3 is 2.37 bits per heavy atom. The molecule has 0 radical (unpaired) electrons. The molecular formula is C22H24N2O2S. The highest BCUT2D eigenvalue weighted by Gasteiger charge is 2.28. The molecule has 140 valence electrons. The number of hydrogen-bond donors (Lipinski definition) is 0. The molecule has 1 aliphatic rings. The Morgan fingerprint density at radius 2 is 1.74 bits per heavy atom. The summed E-state index contributed by atoms with van der Waals surface area (Å²) in [4.78, 5) is 6.01. The number of aryl methyl sites for hydroxylation is 2. The van der Waals surface area contributed by atoms with Crippen LogP contribution in [0.4, 0.5) is 5.69 Å². The number of hydrogen-bond acceptors (Lipinski definition) is 4. The average Bonchev–Trinajstić information content (AvgIpc) is 3.41. The lowest BCUT2D eigenvalue weighted by atomic mass is 10.1. The molecule has 1 fully saturated rings. The first-order chi connectivity index (χ1) is 13.1. The van der Waals surface area contributed by atoms with Crippen molar-refractivity contribution in [2.24, 2.45) is 4.99 Å². The van der Waals surface area contributed by atoms with Gasteiger partial charge in [0.2, 0.25) is 0 Å². The second kappa shape index (κ2) is 7.24. The molecule has 1 heterocycles. The number of thiazole rings is 1. The minimum atomic E-state index is 0.506. The minimum absolute atomic E-state index is 0.506. The van der Waals surface area contributed by atoms with Gasteiger partial charge in [0.15, 0.2) is 4.80 Å². The summed E-state index contributed by atoms with van der Waals surface area (Å²) >= 11 is 1.68. The predicted octanol–water partition coefficient (Wildman–Crippen LogP) is 5.42. The molecule has 2 aromatic carbocycles. The predicted molar refractivity (Wildman–Crippen MR) is 110 cm³/mol. The van der Waals surface area contributed by atoms with Gasteiger partial charge in [-0.1, -0.05) is 6.07 Å². The molecule has 0 aliphatic heterocycles. The lowest BCUT2D eigenvalue weighted by molar-refractivity contribution is 0.404. The van der Waals surface area contributed by atoms with Crippen molar-refractivity contribution in [3.8, 4) is 22.8 Å². The molecule has 1 aromatic heterocycles. The van der Waals surface area contributed by atoms with Crippen molar-refractivity contribution >= 4 is 17.0 Å². The van der Waals surface area contributed by atoms with E-state index in [2.05, 4.69) is 42.0 Å². The van der Waals surface area contributed by atoms with Gasteiger partial charge in [0, 0.05) is 17.0 Å². The van der Waals surface area contributed by atoms with Crippen molar-refractivity contribution in [1.82, 2.24) is 4.57 Å². The number of aromatic nitrogens is 1. The van der Waals surface area contributed by atoms with Crippen LogP contribution < -0.4 is 14.3 Å². The molecule has 0 amide bonds. The monoisotopic (exact) mass is 380 g/mol. The van der Waals surface area contributed by atoms with Gasteiger partial charge in [0.1, 0.15) is 11.5 Å². The summed E-state index contributed by atoms with van der Waals surface area (Å²) < 4.78 is 13.4. The van der Waals surface area contributed by atoms with E-state index in [-0.39, 0.29) is 0 Å².